The number of carbonyl (C=O) groups is 1. The third kappa shape index (κ3) is 3.69. The number of carboxylic acids is 1. The second-order valence-corrected chi connectivity index (χ2v) is 8.23. The van der Waals surface area contributed by atoms with Gasteiger partial charge in [-0.15, -0.1) is 0 Å². The van der Waals surface area contributed by atoms with Gasteiger partial charge in [0.05, 0.1) is 20.4 Å². The number of hydrogen-bond donors (Lipinski definition) is 2. The fourth-order valence-corrected chi connectivity index (χ4v) is 3.36. The molecule has 1 rings (SSSR count). The molecule has 0 fully saturated rings. The molecule has 0 atom stereocenters. The lowest BCUT2D eigenvalue weighted by Gasteiger charge is -2.38. The van der Waals surface area contributed by atoms with Gasteiger partial charge in [-0.3, -0.25) is 4.79 Å². The van der Waals surface area contributed by atoms with E-state index < -0.39 is 26.9 Å². The third-order valence-electron chi connectivity index (χ3n) is 3.69. The van der Waals surface area contributed by atoms with Crippen molar-refractivity contribution in [2.24, 2.45) is 5.41 Å². The summed E-state index contributed by atoms with van der Waals surface area (Å²) in [5, 5.41) is 9.59. The maximum atomic E-state index is 12.4. The molecular formula is C13H17Cl2NO4S. The van der Waals surface area contributed by atoms with Crippen molar-refractivity contribution in [3.05, 3.63) is 28.2 Å². The molecule has 0 amide bonds. The van der Waals surface area contributed by atoms with Crippen molar-refractivity contribution in [1.29, 1.82) is 0 Å². The molecule has 0 radical (unpaired) electrons. The molecule has 2 N–H and O–H groups in total. The summed E-state index contributed by atoms with van der Waals surface area (Å²) < 4.78 is 27.2. The van der Waals surface area contributed by atoms with Crippen molar-refractivity contribution >= 4 is 39.2 Å². The number of rotatable bonds is 5. The van der Waals surface area contributed by atoms with Gasteiger partial charge in [0.2, 0.25) is 10.0 Å². The van der Waals surface area contributed by atoms with Crippen LogP contribution in [0.2, 0.25) is 10.0 Å². The molecule has 0 heterocycles. The van der Waals surface area contributed by atoms with Gasteiger partial charge in [-0.05, 0) is 45.9 Å². The molecule has 21 heavy (non-hydrogen) atoms. The molecule has 0 aliphatic heterocycles. The lowest BCUT2D eigenvalue weighted by molar-refractivity contribution is -0.150. The summed E-state index contributed by atoms with van der Waals surface area (Å²) in [6.45, 7) is 5.92. The number of hydrogen-bond acceptors (Lipinski definition) is 3. The lowest BCUT2D eigenvalue weighted by Crippen LogP contribution is -2.56. The Bertz CT molecular complexity index is 669. The Morgan fingerprint density at radius 3 is 2.10 bits per heavy atom. The molecule has 1 aromatic rings. The first kappa shape index (κ1) is 18.2. The zero-order valence-electron chi connectivity index (χ0n) is 12.1. The summed E-state index contributed by atoms with van der Waals surface area (Å²) >= 11 is 11.6. The maximum absolute atomic E-state index is 12.4. The molecule has 0 saturated heterocycles. The zero-order valence-corrected chi connectivity index (χ0v) is 14.4. The molecule has 5 nitrogen and oxygen atoms in total. The first-order valence-electron chi connectivity index (χ1n) is 6.04. The average molecular weight is 354 g/mol. The van der Waals surface area contributed by atoms with Gasteiger partial charge >= 0.3 is 5.97 Å². The quantitative estimate of drug-likeness (QED) is 0.851. The van der Waals surface area contributed by atoms with Gasteiger partial charge in [0, 0.05) is 5.54 Å². The van der Waals surface area contributed by atoms with Gasteiger partial charge in [-0.1, -0.05) is 23.2 Å². The smallest absolute Gasteiger partial charge is 0.310 e. The van der Waals surface area contributed by atoms with Gasteiger partial charge in [0.15, 0.2) is 0 Å². The molecule has 0 aromatic heterocycles. The molecular weight excluding hydrogens is 337 g/mol. The highest BCUT2D eigenvalue weighted by molar-refractivity contribution is 7.89. The van der Waals surface area contributed by atoms with Crippen LogP contribution in [-0.2, 0) is 14.8 Å². The minimum atomic E-state index is -3.93. The van der Waals surface area contributed by atoms with Crippen LogP contribution in [0.5, 0.6) is 0 Å². The predicted octanol–water partition coefficient (Wildman–Crippen LogP) is 3.16. The fraction of sp³-hybridized carbons (Fsp3) is 0.462. The minimum absolute atomic E-state index is 0.0776. The van der Waals surface area contributed by atoms with Crippen molar-refractivity contribution in [3.63, 3.8) is 0 Å². The largest absolute Gasteiger partial charge is 0.481 e. The monoisotopic (exact) mass is 353 g/mol. The summed E-state index contributed by atoms with van der Waals surface area (Å²) in [4.78, 5) is 11.2. The number of carboxylic acid groups (broad SMARTS) is 1. The van der Waals surface area contributed by atoms with Crippen LogP contribution in [0.1, 0.15) is 27.7 Å². The summed E-state index contributed by atoms with van der Waals surface area (Å²) in [5.74, 6) is -1.11. The topological polar surface area (TPSA) is 83.5 Å². The second-order valence-electron chi connectivity index (χ2n) is 5.74. The van der Waals surface area contributed by atoms with E-state index in [1.54, 1.807) is 0 Å². The van der Waals surface area contributed by atoms with Gasteiger partial charge in [0.1, 0.15) is 0 Å². The van der Waals surface area contributed by atoms with Crippen molar-refractivity contribution in [2.75, 3.05) is 0 Å². The van der Waals surface area contributed by atoms with Crippen LogP contribution in [0.25, 0.3) is 0 Å². The summed E-state index contributed by atoms with van der Waals surface area (Å²) in [7, 11) is -3.93. The predicted molar refractivity (Wildman–Crippen MR) is 82.3 cm³/mol. The first-order chi connectivity index (χ1) is 9.31. The van der Waals surface area contributed by atoms with E-state index in [0.717, 1.165) is 0 Å². The molecule has 0 saturated carbocycles. The first-order valence-corrected chi connectivity index (χ1v) is 8.27. The van der Waals surface area contributed by atoms with E-state index in [2.05, 4.69) is 4.72 Å². The van der Waals surface area contributed by atoms with Crippen LogP contribution < -0.4 is 4.72 Å². The van der Waals surface area contributed by atoms with Crippen LogP contribution >= 0.6 is 23.2 Å². The second kappa shape index (κ2) is 5.76. The van der Waals surface area contributed by atoms with Crippen molar-refractivity contribution < 1.29 is 18.3 Å². The molecule has 118 valence electrons. The SMILES string of the molecule is CC(C)(NS(=O)(=O)c1ccc(Cl)c(Cl)c1)C(C)(C)C(=O)O. The Hall–Kier alpha value is -0.820. The highest BCUT2D eigenvalue weighted by Crippen LogP contribution is 2.33. The molecule has 0 aliphatic rings. The Labute approximate surface area is 134 Å². The molecule has 1 aromatic carbocycles. The standard InChI is InChI=1S/C13H17Cl2NO4S/c1-12(2,11(17)18)13(3,4)16-21(19,20)8-5-6-9(14)10(15)7-8/h5-7,16H,1-4H3,(H,17,18). The van der Waals surface area contributed by atoms with Gasteiger partial charge in [0.25, 0.3) is 0 Å². The van der Waals surface area contributed by atoms with Crippen LogP contribution in [0.3, 0.4) is 0 Å². The van der Waals surface area contributed by atoms with E-state index in [1.807, 2.05) is 0 Å². The lowest BCUT2D eigenvalue weighted by atomic mass is 9.75. The van der Waals surface area contributed by atoms with Crippen LogP contribution in [0.15, 0.2) is 23.1 Å². The van der Waals surface area contributed by atoms with Gasteiger partial charge in [-0.2, -0.15) is 0 Å². The Balaban J connectivity index is 3.21. The molecule has 0 unspecified atom stereocenters. The zero-order chi connectivity index (χ0) is 16.6. The highest BCUT2D eigenvalue weighted by Gasteiger charge is 2.45. The third-order valence-corrected chi connectivity index (χ3v) is 6.08. The molecule has 8 heteroatoms. The van der Waals surface area contributed by atoms with E-state index >= 15 is 0 Å². The van der Waals surface area contributed by atoms with Crippen molar-refractivity contribution in [2.45, 2.75) is 38.1 Å². The maximum Gasteiger partial charge on any atom is 0.310 e. The summed E-state index contributed by atoms with van der Waals surface area (Å²) in [5.41, 5.74) is -2.53. The van der Waals surface area contributed by atoms with E-state index in [1.165, 1.54) is 45.9 Å². The number of sulfonamides is 1. The number of nitrogens with one attached hydrogen (secondary N) is 1. The Morgan fingerprint density at radius 2 is 1.67 bits per heavy atom. The van der Waals surface area contributed by atoms with Crippen molar-refractivity contribution in [1.82, 2.24) is 4.72 Å². The highest BCUT2D eigenvalue weighted by atomic mass is 35.5. The fourth-order valence-electron chi connectivity index (χ4n) is 1.43. The molecule has 0 bridgehead atoms. The molecule has 0 spiro atoms. The summed E-state index contributed by atoms with van der Waals surface area (Å²) in [6, 6.07) is 3.89. The summed E-state index contributed by atoms with van der Waals surface area (Å²) in [6.07, 6.45) is 0. The normalized spacial score (nSPS) is 13.2. The van der Waals surface area contributed by atoms with E-state index in [-0.39, 0.29) is 14.9 Å². The van der Waals surface area contributed by atoms with Crippen LogP contribution in [0.4, 0.5) is 0 Å². The van der Waals surface area contributed by atoms with Crippen LogP contribution in [0, 0.1) is 5.41 Å². The van der Waals surface area contributed by atoms with E-state index in [0.29, 0.717) is 0 Å². The number of halogens is 2. The Kier molecular flexibility index (Phi) is 5.00. The van der Waals surface area contributed by atoms with E-state index in [9.17, 15) is 18.3 Å². The average Bonchev–Trinajstić information content (AvgIpc) is 2.30. The number of benzene rings is 1. The Morgan fingerprint density at radius 1 is 1.14 bits per heavy atom. The molecule has 0 aliphatic carbocycles. The van der Waals surface area contributed by atoms with E-state index in [4.69, 9.17) is 23.2 Å². The minimum Gasteiger partial charge on any atom is -0.481 e. The van der Waals surface area contributed by atoms with Crippen molar-refractivity contribution in [3.8, 4) is 0 Å². The van der Waals surface area contributed by atoms with Gasteiger partial charge < -0.3 is 5.11 Å². The van der Waals surface area contributed by atoms with Gasteiger partial charge in [-0.25, -0.2) is 13.1 Å². The van der Waals surface area contributed by atoms with Crippen LogP contribution in [-0.4, -0.2) is 25.0 Å². The number of aliphatic carboxylic acids is 1.